The molecule has 5 nitrogen and oxygen atoms in total. The third-order valence-corrected chi connectivity index (χ3v) is 5.88. The number of aliphatic hydroxyl groups is 1. The molecule has 1 aromatic carbocycles. The van der Waals surface area contributed by atoms with Gasteiger partial charge in [0.05, 0.1) is 5.60 Å². The monoisotopic (exact) mass is 414 g/mol. The van der Waals surface area contributed by atoms with Crippen molar-refractivity contribution in [3.05, 3.63) is 45.3 Å². The minimum Gasteiger partial charge on any atom is -0.422 e. The number of halogens is 2. The quantitative estimate of drug-likeness (QED) is 0.739. The zero-order valence-electron chi connectivity index (χ0n) is 15.8. The Morgan fingerprint density at radius 3 is 2.81 bits per heavy atom. The van der Waals surface area contributed by atoms with E-state index >= 15 is 0 Å². The lowest BCUT2D eigenvalue weighted by atomic mass is 9.76. The summed E-state index contributed by atoms with van der Waals surface area (Å²) >= 11 is 0. The lowest BCUT2D eigenvalue weighted by Gasteiger charge is -2.47. The Hall–Kier alpha value is -1.11. The van der Waals surface area contributed by atoms with Gasteiger partial charge in [0.1, 0.15) is 5.58 Å². The molecule has 4 rings (SSSR count). The van der Waals surface area contributed by atoms with Crippen LogP contribution >= 0.6 is 24.8 Å². The van der Waals surface area contributed by atoms with Gasteiger partial charge in [0.25, 0.3) is 0 Å². The average molecular weight is 415 g/mol. The van der Waals surface area contributed by atoms with Gasteiger partial charge in [-0.05, 0) is 56.0 Å². The highest BCUT2D eigenvalue weighted by atomic mass is 35.5. The van der Waals surface area contributed by atoms with Crippen LogP contribution in [0.3, 0.4) is 0 Å². The first-order valence-electron chi connectivity index (χ1n) is 9.14. The zero-order valence-corrected chi connectivity index (χ0v) is 17.4. The van der Waals surface area contributed by atoms with Crippen LogP contribution in [0.5, 0.6) is 0 Å². The predicted molar refractivity (Wildman–Crippen MR) is 112 cm³/mol. The maximum absolute atomic E-state index is 12.0. The van der Waals surface area contributed by atoms with Crippen LogP contribution in [0.25, 0.3) is 11.0 Å². The van der Waals surface area contributed by atoms with Crippen molar-refractivity contribution in [1.82, 2.24) is 10.2 Å². The summed E-state index contributed by atoms with van der Waals surface area (Å²) in [4.78, 5) is 14.4. The second-order valence-electron chi connectivity index (χ2n) is 7.79. The molecule has 0 saturated carbocycles. The fourth-order valence-corrected chi connectivity index (χ4v) is 4.49. The van der Waals surface area contributed by atoms with Crippen molar-refractivity contribution in [2.45, 2.75) is 38.8 Å². The Morgan fingerprint density at radius 2 is 2.04 bits per heavy atom. The van der Waals surface area contributed by atoms with Crippen LogP contribution in [0, 0.1) is 19.8 Å². The molecule has 2 atom stereocenters. The normalized spacial score (nSPS) is 25.4. The molecular formula is C20H28Cl2N2O3. The number of hydrogen-bond acceptors (Lipinski definition) is 5. The summed E-state index contributed by atoms with van der Waals surface area (Å²) in [6.45, 7) is 8.25. The first kappa shape index (κ1) is 22.2. The van der Waals surface area contributed by atoms with Gasteiger partial charge in [-0.3, -0.25) is 4.90 Å². The van der Waals surface area contributed by atoms with E-state index < -0.39 is 5.60 Å². The molecule has 2 aliphatic rings. The van der Waals surface area contributed by atoms with Crippen molar-refractivity contribution in [3.63, 3.8) is 0 Å². The molecule has 2 saturated heterocycles. The molecular weight excluding hydrogens is 387 g/mol. The molecule has 2 N–H and O–H groups in total. The molecule has 150 valence electrons. The summed E-state index contributed by atoms with van der Waals surface area (Å²) in [6, 6.07) is 5.77. The molecule has 0 aliphatic carbocycles. The van der Waals surface area contributed by atoms with Gasteiger partial charge in [-0.25, -0.2) is 4.79 Å². The lowest BCUT2D eigenvalue weighted by molar-refractivity contribution is -0.0899. The Labute approximate surface area is 171 Å². The molecule has 7 heteroatoms. The maximum atomic E-state index is 12.0. The van der Waals surface area contributed by atoms with Gasteiger partial charge < -0.3 is 14.8 Å². The summed E-state index contributed by atoms with van der Waals surface area (Å²) in [5.74, 6) is 0.254. The highest BCUT2D eigenvalue weighted by molar-refractivity contribution is 5.85. The fourth-order valence-electron chi connectivity index (χ4n) is 4.49. The largest absolute Gasteiger partial charge is 0.422 e. The number of fused-ring (bicyclic) bond motifs is 2. The van der Waals surface area contributed by atoms with Crippen molar-refractivity contribution in [3.8, 4) is 0 Å². The summed E-state index contributed by atoms with van der Waals surface area (Å²) in [5, 5.41) is 15.3. The van der Waals surface area contributed by atoms with E-state index in [0.29, 0.717) is 5.58 Å². The van der Waals surface area contributed by atoms with E-state index in [2.05, 4.69) is 23.2 Å². The summed E-state index contributed by atoms with van der Waals surface area (Å²) in [6.07, 6.45) is 1.64. The second-order valence-corrected chi connectivity index (χ2v) is 7.79. The molecule has 0 unspecified atom stereocenters. The molecule has 2 fully saturated rings. The molecule has 0 spiro atoms. The number of hydrogen-bond donors (Lipinski definition) is 2. The number of nitrogens with zero attached hydrogens (tertiary/aromatic N) is 1. The highest BCUT2D eigenvalue weighted by Gasteiger charge is 2.42. The first-order chi connectivity index (χ1) is 11.9. The third kappa shape index (κ3) is 4.33. The van der Waals surface area contributed by atoms with Crippen LogP contribution in [-0.4, -0.2) is 41.8 Å². The van der Waals surface area contributed by atoms with Crippen LogP contribution < -0.4 is 10.9 Å². The van der Waals surface area contributed by atoms with E-state index in [1.54, 1.807) is 6.07 Å². The average Bonchev–Trinajstić information content (AvgIpc) is 2.56. The van der Waals surface area contributed by atoms with Crippen molar-refractivity contribution in [2.75, 3.05) is 26.2 Å². The lowest BCUT2D eigenvalue weighted by Crippen LogP contribution is -2.58. The highest BCUT2D eigenvalue weighted by Crippen LogP contribution is 2.34. The number of nitrogens with one attached hydrogen (secondary N) is 1. The standard InChI is InChI=1S/C20H26N2O3.2ClH/c1-13-7-14(2)19-17(8-13)15(9-18(23)25-19)11-22-6-4-20(24)3-5-21-10-16(20)12-22;;/h7-9,16,21,24H,3-6,10-12H2,1-2H3;2*1H/t16-,20-;;/m0../s1. The number of aryl methyl sites for hydroxylation is 2. The van der Waals surface area contributed by atoms with Crippen molar-refractivity contribution in [2.24, 2.45) is 5.92 Å². The van der Waals surface area contributed by atoms with Crippen LogP contribution in [0.15, 0.2) is 27.4 Å². The SMILES string of the molecule is Cc1cc(C)c2oc(=O)cc(CN3CC[C@@]4(O)CCNC[C@H]4C3)c2c1.Cl.Cl. The van der Waals surface area contributed by atoms with E-state index in [-0.39, 0.29) is 36.4 Å². The minimum atomic E-state index is -0.521. The molecule has 1 aromatic heterocycles. The van der Waals surface area contributed by atoms with Gasteiger partial charge in [0, 0.05) is 43.5 Å². The molecule has 0 bridgehead atoms. The van der Waals surface area contributed by atoms with Gasteiger partial charge in [0.15, 0.2) is 0 Å². The first-order valence-corrected chi connectivity index (χ1v) is 9.14. The van der Waals surface area contributed by atoms with E-state index in [1.807, 2.05) is 13.0 Å². The van der Waals surface area contributed by atoms with E-state index in [0.717, 1.165) is 62.1 Å². The van der Waals surface area contributed by atoms with Crippen LogP contribution in [-0.2, 0) is 6.54 Å². The van der Waals surface area contributed by atoms with E-state index in [1.165, 1.54) is 5.56 Å². The molecule has 3 heterocycles. The topological polar surface area (TPSA) is 65.7 Å². The van der Waals surface area contributed by atoms with E-state index in [4.69, 9.17) is 4.42 Å². The predicted octanol–water partition coefficient (Wildman–Crippen LogP) is 2.80. The molecule has 2 aliphatic heterocycles. The van der Waals surface area contributed by atoms with Gasteiger partial charge in [-0.15, -0.1) is 24.8 Å². The zero-order chi connectivity index (χ0) is 17.6. The number of piperidine rings is 2. The Bertz CT molecular complexity index is 870. The molecule has 2 aromatic rings. The Morgan fingerprint density at radius 1 is 1.26 bits per heavy atom. The second kappa shape index (κ2) is 8.50. The van der Waals surface area contributed by atoms with Gasteiger partial charge in [-0.1, -0.05) is 6.07 Å². The summed E-state index contributed by atoms with van der Waals surface area (Å²) < 4.78 is 5.46. The Balaban J connectivity index is 0.00000131. The fraction of sp³-hybridized carbons (Fsp3) is 0.550. The van der Waals surface area contributed by atoms with Crippen LogP contribution in [0.2, 0.25) is 0 Å². The van der Waals surface area contributed by atoms with E-state index in [9.17, 15) is 9.90 Å². The Kier molecular flexibility index (Phi) is 6.98. The minimum absolute atomic E-state index is 0. The number of likely N-dealkylation sites (tertiary alicyclic amines) is 1. The van der Waals surface area contributed by atoms with Crippen LogP contribution in [0.4, 0.5) is 0 Å². The summed E-state index contributed by atoms with van der Waals surface area (Å²) in [7, 11) is 0. The molecule has 27 heavy (non-hydrogen) atoms. The smallest absolute Gasteiger partial charge is 0.336 e. The maximum Gasteiger partial charge on any atom is 0.336 e. The molecule has 0 radical (unpaired) electrons. The van der Waals surface area contributed by atoms with Crippen molar-refractivity contribution < 1.29 is 9.52 Å². The third-order valence-electron chi connectivity index (χ3n) is 5.88. The molecule has 0 amide bonds. The van der Waals surface area contributed by atoms with Gasteiger partial charge in [-0.2, -0.15) is 0 Å². The van der Waals surface area contributed by atoms with Gasteiger partial charge in [0.2, 0.25) is 0 Å². The number of benzene rings is 1. The van der Waals surface area contributed by atoms with Crippen molar-refractivity contribution >= 4 is 35.8 Å². The van der Waals surface area contributed by atoms with Crippen LogP contribution in [0.1, 0.15) is 29.5 Å². The van der Waals surface area contributed by atoms with Crippen molar-refractivity contribution in [1.29, 1.82) is 0 Å². The number of rotatable bonds is 2. The van der Waals surface area contributed by atoms with Gasteiger partial charge >= 0.3 is 5.63 Å². The summed E-state index contributed by atoms with van der Waals surface area (Å²) in [5.41, 5.74) is 3.07.